The Morgan fingerprint density at radius 1 is 0.400 bits per heavy atom. The van der Waals surface area contributed by atoms with E-state index in [2.05, 4.69) is 19.6 Å². The molecule has 0 bridgehead atoms. The Bertz CT molecular complexity index is 379. The second-order valence-corrected chi connectivity index (χ2v) is 10.2. The first-order chi connectivity index (χ1) is 14.7. The van der Waals surface area contributed by atoms with Crippen molar-refractivity contribution in [2.45, 2.75) is 76.3 Å². The Hall–Kier alpha value is -0.240. The Morgan fingerprint density at radius 3 is 0.967 bits per heavy atom. The van der Waals surface area contributed by atoms with Gasteiger partial charge < -0.3 is 31.1 Å². The van der Waals surface area contributed by atoms with Gasteiger partial charge in [-0.1, -0.05) is 12.8 Å². The summed E-state index contributed by atoms with van der Waals surface area (Å²) in [6, 6.07) is 0.937. The first-order valence-corrected chi connectivity index (χ1v) is 13.1. The van der Waals surface area contributed by atoms with Crippen molar-refractivity contribution in [3.8, 4) is 0 Å². The van der Waals surface area contributed by atoms with E-state index in [1.165, 1.54) is 143 Å². The minimum atomic E-state index is 0.469. The van der Waals surface area contributed by atoms with Gasteiger partial charge in [0, 0.05) is 38.3 Å². The van der Waals surface area contributed by atoms with Gasteiger partial charge in [0.05, 0.1) is 0 Å². The quantitative estimate of drug-likeness (QED) is 0.680. The largest absolute Gasteiger partial charge is 0.328 e. The lowest BCUT2D eigenvalue weighted by Gasteiger charge is -2.33. The molecular formula is C24H50N6. The van der Waals surface area contributed by atoms with Gasteiger partial charge in [-0.05, 0) is 104 Å². The summed E-state index contributed by atoms with van der Waals surface area (Å²) in [5.41, 5.74) is 11.8. The molecule has 30 heavy (non-hydrogen) atoms. The van der Waals surface area contributed by atoms with Crippen molar-refractivity contribution in [3.05, 3.63) is 0 Å². The molecule has 176 valence electrons. The molecule has 0 unspecified atom stereocenters. The zero-order chi connectivity index (χ0) is 21.0. The van der Waals surface area contributed by atoms with Crippen LogP contribution in [0.2, 0.25) is 0 Å². The average Bonchev–Trinajstić information content (AvgIpc) is 2.80. The van der Waals surface area contributed by atoms with Crippen molar-refractivity contribution < 1.29 is 0 Å². The van der Waals surface area contributed by atoms with Crippen LogP contribution in [0.1, 0.15) is 64.2 Å². The summed E-state index contributed by atoms with van der Waals surface area (Å²) in [5, 5.41) is 0. The lowest BCUT2D eigenvalue weighted by Crippen LogP contribution is -2.43. The number of nitrogens with zero attached hydrogens (tertiary/aromatic N) is 4. The van der Waals surface area contributed by atoms with Gasteiger partial charge in [-0.2, -0.15) is 0 Å². The maximum atomic E-state index is 5.90. The maximum absolute atomic E-state index is 5.90. The molecule has 4 heterocycles. The summed E-state index contributed by atoms with van der Waals surface area (Å²) >= 11 is 0. The number of hydrogen-bond acceptors (Lipinski definition) is 6. The molecule has 4 aliphatic rings. The van der Waals surface area contributed by atoms with Crippen molar-refractivity contribution in [1.82, 2.24) is 19.6 Å². The summed E-state index contributed by atoms with van der Waals surface area (Å²) in [5.74, 6) is 0. The van der Waals surface area contributed by atoms with E-state index in [4.69, 9.17) is 11.5 Å². The van der Waals surface area contributed by atoms with Gasteiger partial charge in [-0.3, -0.25) is 0 Å². The Balaban J connectivity index is 0.000000171. The van der Waals surface area contributed by atoms with Crippen LogP contribution < -0.4 is 11.5 Å². The predicted molar refractivity (Wildman–Crippen MR) is 128 cm³/mol. The molecule has 4 aliphatic heterocycles. The zero-order valence-electron chi connectivity index (χ0n) is 19.7. The van der Waals surface area contributed by atoms with Crippen LogP contribution in [-0.2, 0) is 0 Å². The summed E-state index contributed by atoms with van der Waals surface area (Å²) in [7, 11) is 0. The highest BCUT2D eigenvalue weighted by Crippen LogP contribution is 2.12. The van der Waals surface area contributed by atoms with E-state index in [0.717, 1.165) is 0 Å². The highest BCUT2D eigenvalue weighted by molar-refractivity contribution is 4.76. The van der Waals surface area contributed by atoms with E-state index in [-0.39, 0.29) is 0 Å². The smallest absolute Gasteiger partial charge is 0.0109 e. The molecule has 6 heteroatoms. The van der Waals surface area contributed by atoms with Crippen LogP contribution in [0.15, 0.2) is 0 Å². The normalized spacial score (nSPS) is 27.0. The van der Waals surface area contributed by atoms with Gasteiger partial charge in [0.25, 0.3) is 0 Å². The molecule has 4 N–H and O–H groups in total. The summed E-state index contributed by atoms with van der Waals surface area (Å²) < 4.78 is 0. The fraction of sp³-hybridized carbons (Fsp3) is 1.00. The third kappa shape index (κ3) is 9.49. The third-order valence-electron chi connectivity index (χ3n) is 7.63. The van der Waals surface area contributed by atoms with Crippen molar-refractivity contribution in [2.75, 3.05) is 78.5 Å². The highest BCUT2D eigenvalue weighted by atomic mass is 15.2. The number of likely N-dealkylation sites (tertiary alicyclic amines) is 4. The Kier molecular flexibility index (Phi) is 11.4. The molecule has 0 aromatic carbocycles. The van der Waals surface area contributed by atoms with Gasteiger partial charge in [0.2, 0.25) is 0 Å². The van der Waals surface area contributed by atoms with E-state index in [9.17, 15) is 0 Å². The van der Waals surface area contributed by atoms with E-state index < -0.39 is 0 Å². The molecule has 4 saturated heterocycles. The second kappa shape index (κ2) is 14.0. The monoisotopic (exact) mass is 422 g/mol. The summed E-state index contributed by atoms with van der Waals surface area (Å²) in [4.78, 5) is 10.4. The van der Waals surface area contributed by atoms with Crippen LogP contribution in [0, 0.1) is 0 Å². The number of nitrogens with two attached hydrogens (primary N) is 2. The third-order valence-corrected chi connectivity index (χ3v) is 7.63. The number of hydrogen-bond donors (Lipinski definition) is 2. The van der Waals surface area contributed by atoms with Crippen molar-refractivity contribution in [3.63, 3.8) is 0 Å². The van der Waals surface area contributed by atoms with Crippen molar-refractivity contribution in [2.24, 2.45) is 11.5 Å². The Labute approximate surface area is 186 Å². The number of rotatable bonds is 6. The number of piperidine rings is 4. The van der Waals surface area contributed by atoms with Crippen LogP contribution >= 0.6 is 0 Å². The van der Waals surface area contributed by atoms with Gasteiger partial charge in [0.15, 0.2) is 0 Å². The molecule has 0 atom stereocenters. The molecule has 6 nitrogen and oxygen atoms in total. The highest BCUT2D eigenvalue weighted by Gasteiger charge is 2.18. The van der Waals surface area contributed by atoms with E-state index in [0.29, 0.717) is 12.1 Å². The van der Waals surface area contributed by atoms with Gasteiger partial charge in [-0.15, -0.1) is 0 Å². The fourth-order valence-electron chi connectivity index (χ4n) is 5.28. The minimum absolute atomic E-state index is 0.469. The van der Waals surface area contributed by atoms with Crippen LogP contribution in [0.4, 0.5) is 0 Å². The molecule has 0 spiro atoms. The standard InChI is InChI=1S/2C12H25N3/c2*13-12-4-8-15(9-5-12)11-10-14-6-2-1-3-7-14/h2*12H,1-11,13H2. The van der Waals surface area contributed by atoms with Gasteiger partial charge in [-0.25, -0.2) is 0 Å². The fourth-order valence-corrected chi connectivity index (χ4v) is 5.28. The molecule has 4 fully saturated rings. The SMILES string of the molecule is NC1CCN(CCN2CCCCC2)CC1.NC1CCN(CCN2CCCCC2)CC1. The molecule has 0 radical (unpaired) electrons. The lowest BCUT2D eigenvalue weighted by molar-refractivity contribution is 0.160. The van der Waals surface area contributed by atoms with E-state index >= 15 is 0 Å². The molecule has 0 saturated carbocycles. The minimum Gasteiger partial charge on any atom is -0.328 e. The molecule has 4 rings (SSSR count). The molecular weight excluding hydrogens is 372 g/mol. The van der Waals surface area contributed by atoms with Crippen molar-refractivity contribution in [1.29, 1.82) is 0 Å². The van der Waals surface area contributed by atoms with Gasteiger partial charge >= 0.3 is 0 Å². The zero-order valence-corrected chi connectivity index (χ0v) is 19.7. The van der Waals surface area contributed by atoms with Crippen LogP contribution in [0.3, 0.4) is 0 Å². The Morgan fingerprint density at radius 2 is 0.667 bits per heavy atom. The lowest BCUT2D eigenvalue weighted by atomic mass is 10.1. The average molecular weight is 423 g/mol. The van der Waals surface area contributed by atoms with E-state index in [1.54, 1.807) is 0 Å². The molecule has 0 aromatic heterocycles. The first-order valence-electron chi connectivity index (χ1n) is 13.1. The maximum Gasteiger partial charge on any atom is 0.0109 e. The van der Waals surface area contributed by atoms with Crippen LogP contribution in [0.25, 0.3) is 0 Å². The first kappa shape index (κ1) is 24.4. The predicted octanol–water partition coefficient (Wildman–Crippen LogP) is 1.79. The van der Waals surface area contributed by atoms with Crippen molar-refractivity contribution >= 4 is 0 Å². The summed E-state index contributed by atoms with van der Waals surface area (Å²) in [6.07, 6.45) is 13.3. The topological polar surface area (TPSA) is 65.0 Å². The van der Waals surface area contributed by atoms with Gasteiger partial charge in [0.1, 0.15) is 0 Å². The van der Waals surface area contributed by atoms with E-state index in [1.807, 2.05) is 0 Å². The molecule has 0 amide bonds. The summed E-state index contributed by atoms with van der Waals surface area (Å²) in [6.45, 7) is 15.2. The molecule has 0 aromatic rings. The van der Waals surface area contributed by atoms with Crippen LogP contribution in [0.5, 0.6) is 0 Å². The molecule has 0 aliphatic carbocycles. The van der Waals surface area contributed by atoms with Crippen LogP contribution in [-0.4, -0.2) is 110 Å². The second-order valence-electron chi connectivity index (χ2n) is 10.2.